The molecule has 0 saturated heterocycles. The summed E-state index contributed by atoms with van der Waals surface area (Å²) in [6, 6.07) is 3.32. The molecule has 0 aliphatic carbocycles. The quantitative estimate of drug-likeness (QED) is 0.811. The predicted molar refractivity (Wildman–Crippen MR) is 65.6 cm³/mol. The van der Waals surface area contributed by atoms with Crippen molar-refractivity contribution in [3.63, 3.8) is 0 Å². The van der Waals surface area contributed by atoms with Crippen LogP contribution < -0.4 is 4.80 Å². The molecule has 8 heteroatoms. The van der Waals surface area contributed by atoms with Gasteiger partial charge in [0.25, 0.3) is 0 Å². The Kier molecular flexibility index (Phi) is 3.52. The van der Waals surface area contributed by atoms with Gasteiger partial charge in [0.1, 0.15) is 5.01 Å². The number of aliphatic hydroxyl groups excluding tert-OH is 1. The number of alkyl halides is 4. The molecule has 0 spiro atoms. The van der Waals surface area contributed by atoms with Crippen LogP contribution in [-0.2, 0) is 12.7 Å². The lowest BCUT2D eigenvalue weighted by molar-refractivity contribution is -0.137. The molecule has 0 aliphatic heterocycles. The number of halogens is 4. The van der Waals surface area contributed by atoms with Crippen molar-refractivity contribution in [2.45, 2.75) is 17.7 Å². The summed E-state index contributed by atoms with van der Waals surface area (Å²) in [7, 11) is 0. The maximum atomic E-state index is 12.5. The number of benzene rings is 1. The second-order valence-electron chi connectivity index (χ2n) is 3.63. The molecule has 0 radical (unpaired) electrons. The summed E-state index contributed by atoms with van der Waals surface area (Å²) in [6.07, 6.45) is -4.39. The molecule has 1 heterocycles. The van der Waals surface area contributed by atoms with Gasteiger partial charge in [-0.2, -0.15) is 13.2 Å². The van der Waals surface area contributed by atoms with Gasteiger partial charge in [-0.05, 0) is 18.2 Å². The number of fused-ring (bicyclic) bond motifs is 1. The Morgan fingerprint density at radius 1 is 1.44 bits per heavy atom. The number of hydrogen-bond donors (Lipinski definition) is 2. The maximum absolute atomic E-state index is 12.5. The largest absolute Gasteiger partial charge is 0.416 e. The van der Waals surface area contributed by atoms with Crippen molar-refractivity contribution in [1.29, 1.82) is 5.41 Å². The van der Waals surface area contributed by atoms with E-state index in [4.69, 9.17) is 5.41 Å². The van der Waals surface area contributed by atoms with Crippen molar-refractivity contribution in [1.82, 2.24) is 4.57 Å². The van der Waals surface area contributed by atoms with Crippen molar-refractivity contribution >= 4 is 37.5 Å². The lowest BCUT2D eigenvalue weighted by Gasteiger charge is -2.08. The molecule has 1 atom stereocenters. The maximum Gasteiger partial charge on any atom is 0.416 e. The van der Waals surface area contributed by atoms with E-state index < -0.39 is 16.8 Å². The Morgan fingerprint density at radius 2 is 2.11 bits per heavy atom. The second-order valence-corrected chi connectivity index (χ2v) is 5.72. The van der Waals surface area contributed by atoms with Crippen molar-refractivity contribution in [3.05, 3.63) is 28.6 Å². The first-order chi connectivity index (χ1) is 8.29. The van der Waals surface area contributed by atoms with E-state index in [-0.39, 0.29) is 11.3 Å². The van der Waals surface area contributed by atoms with Gasteiger partial charge < -0.3 is 9.67 Å². The van der Waals surface area contributed by atoms with Gasteiger partial charge in [0, 0.05) is 0 Å². The topological polar surface area (TPSA) is 49.0 Å². The second kappa shape index (κ2) is 4.67. The molecule has 0 aliphatic rings. The number of hydrogen-bond acceptors (Lipinski definition) is 3. The van der Waals surface area contributed by atoms with Gasteiger partial charge in [0.15, 0.2) is 4.80 Å². The van der Waals surface area contributed by atoms with Gasteiger partial charge in [-0.15, -0.1) is 0 Å². The van der Waals surface area contributed by atoms with Crippen LogP contribution in [0.15, 0.2) is 18.2 Å². The fourth-order valence-corrected chi connectivity index (χ4v) is 2.85. The number of rotatable bonds is 2. The molecule has 18 heavy (non-hydrogen) atoms. The zero-order valence-electron chi connectivity index (χ0n) is 8.83. The SMILES string of the molecule is N=c1sc2cc(C(F)(F)F)ccc2n1CC(O)Br. The van der Waals surface area contributed by atoms with Crippen LogP contribution in [0.25, 0.3) is 10.2 Å². The van der Waals surface area contributed by atoms with Crippen LogP contribution in [0.1, 0.15) is 5.56 Å². The number of nitrogens with zero attached hydrogens (tertiary/aromatic N) is 1. The lowest BCUT2D eigenvalue weighted by atomic mass is 10.2. The van der Waals surface area contributed by atoms with E-state index >= 15 is 0 Å². The van der Waals surface area contributed by atoms with Crippen LogP contribution in [0.5, 0.6) is 0 Å². The van der Waals surface area contributed by atoms with Crippen molar-refractivity contribution in [2.75, 3.05) is 0 Å². The third kappa shape index (κ3) is 2.60. The first-order valence-electron chi connectivity index (χ1n) is 4.86. The predicted octanol–water partition coefficient (Wildman–Crippen LogP) is 2.91. The standard InChI is InChI=1S/C10H8BrF3N2OS/c11-8(17)4-16-6-2-1-5(10(12,13)14)3-7(6)18-9(16)15/h1-3,8,15,17H,4H2. The molecule has 0 bridgehead atoms. The number of aliphatic hydroxyl groups is 1. The van der Waals surface area contributed by atoms with Crippen LogP contribution in [0.2, 0.25) is 0 Å². The average molecular weight is 341 g/mol. The molecule has 1 unspecified atom stereocenters. The average Bonchev–Trinajstić information content (AvgIpc) is 2.53. The lowest BCUT2D eigenvalue weighted by Crippen LogP contribution is -2.18. The van der Waals surface area contributed by atoms with E-state index in [1.165, 1.54) is 10.6 Å². The minimum Gasteiger partial charge on any atom is -0.380 e. The summed E-state index contributed by atoms with van der Waals surface area (Å²) in [6.45, 7) is 0.115. The highest BCUT2D eigenvalue weighted by Gasteiger charge is 2.30. The Morgan fingerprint density at radius 3 is 2.67 bits per heavy atom. The molecule has 2 rings (SSSR count). The summed E-state index contributed by atoms with van der Waals surface area (Å²) in [4.78, 5) is 0.0998. The molecule has 3 nitrogen and oxygen atoms in total. The van der Waals surface area contributed by atoms with Crippen LogP contribution in [0.4, 0.5) is 13.2 Å². The summed E-state index contributed by atoms with van der Waals surface area (Å²) >= 11 is 3.89. The van der Waals surface area contributed by atoms with Crippen LogP contribution in [0, 0.1) is 5.41 Å². The van der Waals surface area contributed by atoms with Gasteiger partial charge in [0.2, 0.25) is 0 Å². The fraction of sp³-hybridized carbons (Fsp3) is 0.300. The highest BCUT2D eigenvalue weighted by atomic mass is 79.9. The molecule has 1 aromatic carbocycles. The molecule has 0 amide bonds. The van der Waals surface area contributed by atoms with Gasteiger partial charge in [-0.1, -0.05) is 27.3 Å². The molecule has 0 saturated carbocycles. The van der Waals surface area contributed by atoms with Crippen molar-refractivity contribution < 1.29 is 18.3 Å². The Balaban J connectivity index is 2.58. The summed E-state index contributed by atoms with van der Waals surface area (Å²) in [5.41, 5.74) is -0.223. The molecule has 2 N–H and O–H groups in total. The summed E-state index contributed by atoms with van der Waals surface area (Å²) in [5.74, 6) is 0. The van der Waals surface area contributed by atoms with E-state index in [1.54, 1.807) is 0 Å². The number of nitrogens with one attached hydrogen (secondary N) is 1. The van der Waals surface area contributed by atoms with E-state index in [2.05, 4.69) is 15.9 Å². The molecular weight excluding hydrogens is 333 g/mol. The van der Waals surface area contributed by atoms with Gasteiger partial charge >= 0.3 is 6.18 Å². The van der Waals surface area contributed by atoms with Crippen LogP contribution in [-0.4, -0.2) is 14.7 Å². The minimum atomic E-state index is -4.39. The zero-order chi connectivity index (χ0) is 13.5. The highest BCUT2D eigenvalue weighted by Crippen LogP contribution is 2.32. The third-order valence-corrected chi connectivity index (χ3v) is 3.61. The summed E-state index contributed by atoms with van der Waals surface area (Å²) < 4.78 is 39.4. The van der Waals surface area contributed by atoms with Crippen molar-refractivity contribution in [3.8, 4) is 0 Å². The Labute approximate surface area is 112 Å². The minimum absolute atomic E-state index is 0.0998. The van der Waals surface area contributed by atoms with Gasteiger partial charge in [0.05, 0.1) is 22.3 Å². The van der Waals surface area contributed by atoms with E-state index in [1.807, 2.05) is 0 Å². The Hall–Kier alpha value is -0.860. The van der Waals surface area contributed by atoms with Gasteiger partial charge in [-0.3, -0.25) is 5.41 Å². The first-order valence-corrected chi connectivity index (χ1v) is 6.59. The molecule has 98 valence electrons. The highest BCUT2D eigenvalue weighted by molar-refractivity contribution is 9.09. The third-order valence-electron chi connectivity index (χ3n) is 2.36. The fourth-order valence-electron chi connectivity index (χ4n) is 1.60. The summed E-state index contributed by atoms with van der Waals surface area (Å²) in [5, 5.41) is 16.1. The van der Waals surface area contributed by atoms with Crippen LogP contribution >= 0.6 is 27.3 Å². The van der Waals surface area contributed by atoms with Crippen molar-refractivity contribution in [2.24, 2.45) is 0 Å². The molecule has 1 aromatic heterocycles. The van der Waals surface area contributed by atoms with Gasteiger partial charge in [-0.25, -0.2) is 0 Å². The van der Waals surface area contributed by atoms with E-state index in [0.29, 0.717) is 10.2 Å². The normalized spacial score (nSPS) is 14.1. The number of aromatic nitrogens is 1. The smallest absolute Gasteiger partial charge is 0.380 e. The zero-order valence-corrected chi connectivity index (χ0v) is 11.2. The molecule has 2 aromatic rings. The van der Waals surface area contributed by atoms with E-state index in [9.17, 15) is 18.3 Å². The number of thiazole rings is 1. The first kappa shape index (κ1) is 13.6. The van der Waals surface area contributed by atoms with Crippen LogP contribution in [0.3, 0.4) is 0 Å². The van der Waals surface area contributed by atoms with E-state index in [0.717, 1.165) is 23.5 Å². The molecular formula is C10H8BrF3N2OS. The monoisotopic (exact) mass is 340 g/mol. The Bertz CT molecular complexity index is 632. The molecule has 0 fully saturated rings.